The van der Waals surface area contributed by atoms with Gasteiger partial charge in [-0.15, -0.1) is 0 Å². The Kier molecular flexibility index (Phi) is 4.55. The van der Waals surface area contributed by atoms with Crippen LogP contribution in [0.3, 0.4) is 0 Å². The molecule has 0 atom stereocenters. The average Bonchev–Trinajstić information content (AvgIpc) is 3.10. The Labute approximate surface area is 148 Å². The van der Waals surface area contributed by atoms with Gasteiger partial charge in [-0.05, 0) is 30.2 Å². The second-order valence-electron chi connectivity index (χ2n) is 6.67. The molecule has 2 aromatic rings. The first-order valence-corrected chi connectivity index (χ1v) is 9.08. The van der Waals surface area contributed by atoms with Crippen LogP contribution in [-0.2, 0) is 11.2 Å². The van der Waals surface area contributed by atoms with Crippen molar-refractivity contribution in [2.45, 2.75) is 12.8 Å². The summed E-state index contributed by atoms with van der Waals surface area (Å²) in [6.45, 7) is 5.12. The van der Waals surface area contributed by atoms with Gasteiger partial charge in [0.15, 0.2) is 0 Å². The third-order valence-electron chi connectivity index (χ3n) is 5.18. The summed E-state index contributed by atoms with van der Waals surface area (Å²) in [4.78, 5) is 23.6. The minimum Gasteiger partial charge on any atom is -0.370 e. The van der Waals surface area contributed by atoms with E-state index in [4.69, 9.17) is 0 Å². The second-order valence-corrected chi connectivity index (χ2v) is 6.67. The topological polar surface area (TPSA) is 39.7 Å². The molecule has 5 heteroatoms. The van der Waals surface area contributed by atoms with E-state index < -0.39 is 0 Å². The van der Waals surface area contributed by atoms with Gasteiger partial charge in [0.05, 0.1) is 0 Å². The van der Waals surface area contributed by atoms with E-state index in [1.807, 2.05) is 29.3 Å². The minimum atomic E-state index is 0.269. The molecule has 25 heavy (non-hydrogen) atoms. The van der Waals surface area contributed by atoms with Gasteiger partial charge in [-0.1, -0.05) is 24.3 Å². The molecule has 3 heterocycles. The second kappa shape index (κ2) is 7.13. The molecular formula is C20H24N4O. The molecule has 1 aromatic carbocycles. The molecular weight excluding hydrogens is 312 g/mol. The van der Waals surface area contributed by atoms with Crippen LogP contribution in [0.25, 0.3) is 0 Å². The fourth-order valence-corrected chi connectivity index (χ4v) is 3.75. The van der Waals surface area contributed by atoms with Crippen molar-refractivity contribution in [2.24, 2.45) is 0 Å². The highest BCUT2D eigenvalue weighted by atomic mass is 16.2. The number of hydrogen-bond acceptors (Lipinski definition) is 4. The van der Waals surface area contributed by atoms with Crippen molar-refractivity contribution in [3.8, 4) is 0 Å². The van der Waals surface area contributed by atoms with Gasteiger partial charge in [0.25, 0.3) is 0 Å². The average molecular weight is 336 g/mol. The largest absolute Gasteiger partial charge is 0.370 e. The van der Waals surface area contributed by atoms with Gasteiger partial charge in [0, 0.05) is 57.6 Å². The van der Waals surface area contributed by atoms with Gasteiger partial charge in [-0.25, -0.2) is 4.98 Å². The van der Waals surface area contributed by atoms with Crippen LogP contribution in [0.15, 0.2) is 48.7 Å². The number of benzene rings is 1. The number of carbonyl (C=O) groups excluding carboxylic acids is 1. The summed E-state index contributed by atoms with van der Waals surface area (Å²) in [6.07, 6.45) is 3.51. The van der Waals surface area contributed by atoms with E-state index in [-0.39, 0.29) is 5.91 Å². The monoisotopic (exact) mass is 336 g/mol. The Bertz CT molecular complexity index is 725. The Morgan fingerprint density at radius 3 is 2.56 bits per heavy atom. The number of amides is 1. The molecule has 1 aromatic heterocycles. The van der Waals surface area contributed by atoms with E-state index in [1.165, 1.54) is 11.3 Å². The van der Waals surface area contributed by atoms with E-state index in [0.29, 0.717) is 6.42 Å². The maximum absolute atomic E-state index is 12.6. The zero-order valence-electron chi connectivity index (χ0n) is 14.5. The number of hydrogen-bond donors (Lipinski definition) is 0. The van der Waals surface area contributed by atoms with Crippen LogP contribution in [0.4, 0.5) is 11.5 Å². The first-order chi connectivity index (χ1) is 12.3. The number of anilines is 2. The van der Waals surface area contributed by atoms with Gasteiger partial charge < -0.3 is 14.7 Å². The number of pyridine rings is 1. The predicted molar refractivity (Wildman–Crippen MR) is 100 cm³/mol. The van der Waals surface area contributed by atoms with Gasteiger partial charge in [0.2, 0.25) is 5.91 Å². The van der Waals surface area contributed by atoms with Gasteiger partial charge in [-0.3, -0.25) is 4.79 Å². The van der Waals surface area contributed by atoms with Crippen molar-refractivity contribution in [3.63, 3.8) is 0 Å². The van der Waals surface area contributed by atoms with Crippen molar-refractivity contribution in [1.82, 2.24) is 9.88 Å². The number of carbonyl (C=O) groups is 1. The molecule has 1 fully saturated rings. The number of aromatic nitrogens is 1. The molecule has 0 N–H and O–H groups in total. The summed E-state index contributed by atoms with van der Waals surface area (Å²) in [5.74, 6) is 1.27. The van der Waals surface area contributed by atoms with Crippen molar-refractivity contribution in [3.05, 3.63) is 54.2 Å². The van der Waals surface area contributed by atoms with Crippen LogP contribution < -0.4 is 9.80 Å². The smallest absolute Gasteiger partial charge is 0.224 e. The number of fused-ring (bicyclic) bond motifs is 1. The molecule has 0 radical (unpaired) electrons. The van der Waals surface area contributed by atoms with Crippen LogP contribution in [0.1, 0.15) is 12.0 Å². The standard InChI is InChI=1S/C20H24N4O/c25-20(9-12-22-11-8-17-5-1-2-6-18(17)22)24-15-13-23(14-16-24)19-7-3-4-10-21-19/h1-7,10H,8-9,11-16H2. The van der Waals surface area contributed by atoms with Crippen LogP contribution in [-0.4, -0.2) is 55.1 Å². The zero-order valence-corrected chi connectivity index (χ0v) is 14.5. The van der Waals surface area contributed by atoms with Gasteiger partial charge in [-0.2, -0.15) is 0 Å². The molecule has 1 saturated heterocycles. The van der Waals surface area contributed by atoms with Crippen LogP contribution in [0.2, 0.25) is 0 Å². The van der Waals surface area contributed by atoms with Crippen LogP contribution in [0.5, 0.6) is 0 Å². The summed E-state index contributed by atoms with van der Waals surface area (Å²) >= 11 is 0. The van der Waals surface area contributed by atoms with E-state index in [2.05, 4.69) is 39.0 Å². The highest BCUT2D eigenvalue weighted by Gasteiger charge is 2.23. The third-order valence-corrected chi connectivity index (χ3v) is 5.18. The highest BCUT2D eigenvalue weighted by Crippen LogP contribution is 2.27. The number of nitrogens with zero attached hydrogens (tertiary/aromatic N) is 4. The lowest BCUT2D eigenvalue weighted by Crippen LogP contribution is -2.49. The SMILES string of the molecule is O=C(CCN1CCc2ccccc21)N1CCN(c2ccccn2)CC1. The summed E-state index contributed by atoms with van der Waals surface area (Å²) < 4.78 is 0. The molecule has 0 saturated carbocycles. The molecule has 2 aliphatic heterocycles. The first kappa shape index (κ1) is 15.9. The molecule has 0 unspecified atom stereocenters. The molecule has 130 valence electrons. The van der Waals surface area contributed by atoms with Crippen LogP contribution >= 0.6 is 0 Å². The Balaban J connectivity index is 1.27. The number of rotatable bonds is 4. The fraction of sp³-hybridized carbons (Fsp3) is 0.400. The normalized spacial score (nSPS) is 16.9. The van der Waals surface area contributed by atoms with E-state index in [0.717, 1.165) is 51.5 Å². The molecule has 1 amide bonds. The fourth-order valence-electron chi connectivity index (χ4n) is 3.75. The quantitative estimate of drug-likeness (QED) is 0.858. The van der Waals surface area contributed by atoms with E-state index in [9.17, 15) is 4.79 Å². The van der Waals surface area contributed by atoms with E-state index >= 15 is 0 Å². The highest BCUT2D eigenvalue weighted by molar-refractivity contribution is 5.77. The number of piperazine rings is 1. The Morgan fingerprint density at radius 1 is 0.960 bits per heavy atom. The molecule has 0 bridgehead atoms. The lowest BCUT2D eigenvalue weighted by Gasteiger charge is -2.35. The molecule has 0 spiro atoms. The lowest BCUT2D eigenvalue weighted by molar-refractivity contribution is -0.131. The third kappa shape index (κ3) is 3.45. The summed E-state index contributed by atoms with van der Waals surface area (Å²) in [6, 6.07) is 14.5. The van der Waals surface area contributed by atoms with Crippen LogP contribution in [0, 0.1) is 0 Å². The summed E-state index contributed by atoms with van der Waals surface area (Å²) in [7, 11) is 0. The van der Waals surface area contributed by atoms with Crippen molar-refractivity contribution in [1.29, 1.82) is 0 Å². The maximum Gasteiger partial charge on any atom is 0.224 e. The molecule has 0 aliphatic carbocycles. The van der Waals surface area contributed by atoms with Crippen molar-refractivity contribution >= 4 is 17.4 Å². The maximum atomic E-state index is 12.6. The van der Waals surface area contributed by atoms with Gasteiger partial charge in [0.1, 0.15) is 5.82 Å². The minimum absolute atomic E-state index is 0.269. The Morgan fingerprint density at radius 2 is 1.76 bits per heavy atom. The summed E-state index contributed by atoms with van der Waals surface area (Å²) in [5.41, 5.74) is 2.70. The molecule has 4 rings (SSSR count). The van der Waals surface area contributed by atoms with E-state index in [1.54, 1.807) is 0 Å². The number of para-hydroxylation sites is 1. The van der Waals surface area contributed by atoms with Gasteiger partial charge >= 0.3 is 0 Å². The zero-order chi connectivity index (χ0) is 17.1. The Hall–Kier alpha value is -2.56. The van der Waals surface area contributed by atoms with Crippen molar-refractivity contribution < 1.29 is 4.79 Å². The summed E-state index contributed by atoms with van der Waals surface area (Å²) in [5, 5.41) is 0. The van der Waals surface area contributed by atoms with Crippen molar-refractivity contribution in [2.75, 3.05) is 49.1 Å². The predicted octanol–water partition coefficient (Wildman–Crippen LogP) is 2.18. The lowest BCUT2D eigenvalue weighted by atomic mass is 10.2. The molecule has 5 nitrogen and oxygen atoms in total. The molecule has 2 aliphatic rings. The first-order valence-electron chi connectivity index (χ1n) is 9.08.